The van der Waals surface area contributed by atoms with E-state index in [0.717, 1.165) is 18.7 Å². The number of aliphatic hydroxyl groups excluding tert-OH is 1. The third-order valence-electron chi connectivity index (χ3n) is 4.24. The highest BCUT2D eigenvalue weighted by molar-refractivity contribution is 5.28. The Morgan fingerprint density at radius 2 is 1.92 bits per heavy atom. The van der Waals surface area contributed by atoms with Crippen molar-refractivity contribution in [1.82, 2.24) is 15.1 Å². The molecule has 2 aromatic carbocycles. The molecule has 24 heavy (non-hydrogen) atoms. The third-order valence-corrected chi connectivity index (χ3v) is 4.24. The van der Waals surface area contributed by atoms with Crippen molar-refractivity contribution in [1.29, 1.82) is 0 Å². The van der Waals surface area contributed by atoms with E-state index in [-0.39, 0.29) is 12.6 Å². The lowest BCUT2D eigenvalue weighted by Gasteiger charge is -2.17. The molecule has 0 radical (unpaired) electrons. The average Bonchev–Trinajstić information content (AvgIpc) is 3.14. The molecule has 0 aliphatic rings. The Kier molecular flexibility index (Phi) is 5.41. The van der Waals surface area contributed by atoms with Gasteiger partial charge in [-0.2, -0.15) is 5.10 Å². The maximum atomic E-state index is 9.28. The number of nitrogens with zero attached hydrogens (tertiary/aromatic N) is 2. The molecule has 3 aromatic rings. The molecular formula is C20H23N3O. The van der Waals surface area contributed by atoms with Crippen molar-refractivity contribution >= 4 is 0 Å². The van der Waals surface area contributed by atoms with Crippen LogP contribution in [0.1, 0.15) is 35.2 Å². The van der Waals surface area contributed by atoms with Crippen LogP contribution < -0.4 is 5.32 Å². The van der Waals surface area contributed by atoms with Gasteiger partial charge in [-0.15, -0.1) is 0 Å². The summed E-state index contributed by atoms with van der Waals surface area (Å²) in [4.78, 5) is 0. The van der Waals surface area contributed by atoms with Crippen molar-refractivity contribution < 1.29 is 5.11 Å². The highest BCUT2D eigenvalue weighted by atomic mass is 16.3. The topological polar surface area (TPSA) is 50.1 Å². The van der Waals surface area contributed by atoms with Crippen molar-refractivity contribution in [2.75, 3.05) is 0 Å². The summed E-state index contributed by atoms with van der Waals surface area (Å²) in [6, 6.07) is 18.7. The number of benzene rings is 2. The largest absolute Gasteiger partial charge is 0.392 e. The van der Waals surface area contributed by atoms with Crippen molar-refractivity contribution in [2.45, 2.75) is 32.7 Å². The highest BCUT2D eigenvalue weighted by Crippen LogP contribution is 2.16. The number of nitrogens with one attached hydrogen (secondary N) is 1. The summed E-state index contributed by atoms with van der Waals surface area (Å²) in [6.07, 6.45) is 3.78. The van der Waals surface area contributed by atoms with Gasteiger partial charge in [-0.3, -0.25) is 4.68 Å². The maximum Gasteiger partial charge on any atom is 0.0681 e. The predicted molar refractivity (Wildman–Crippen MR) is 95.4 cm³/mol. The van der Waals surface area contributed by atoms with Crippen LogP contribution in [-0.2, 0) is 19.7 Å². The zero-order valence-corrected chi connectivity index (χ0v) is 13.9. The highest BCUT2D eigenvalue weighted by Gasteiger charge is 2.08. The van der Waals surface area contributed by atoms with Crippen molar-refractivity contribution in [3.05, 3.63) is 89.2 Å². The van der Waals surface area contributed by atoms with Gasteiger partial charge < -0.3 is 10.4 Å². The van der Waals surface area contributed by atoms with Gasteiger partial charge in [0, 0.05) is 25.0 Å². The minimum Gasteiger partial charge on any atom is -0.392 e. The molecule has 0 fully saturated rings. The van der Waals surface area contributed by atoms with Crippen molar-refractivity contribution in [3.8, 4) is 0 Å². The molecule has 1 aromatic heterocycles. The molecule has 4 heteroatoms. The molecule has 0 saturated heterocycles. The van der Waals surface area contributed by atoms with E-state index in [2.05, 4.69) is 47.7 Å². The van der Waals surface area contributed by atoms with Gasteiger partial charge in [0.1, 0.15) is 0 Å². The molecule has 4 nitrogen and oxygen atoms in total. The molecule has 0 spiro atoms. The van der Waals surface area contributed by atoms with Crippen LogP contribution in [0.2, 0.25) is 0 Å². The Morgan fingerprint density at radius 3 is 2.67 bits per heavy atom. The van der Waals surface area contributed by atoms with Crippen LogP contribution in [-0.4, -0.2) is 14.9 Å². The molecule has 124 valence electrons. The minimum atomic E-state index is 0.0767. The molecule has 0 bridgehead atoms. The van der Waals surface area contributed by atoms with Gasteiger partial charge in [-0.05, 0) is 35.2 Å². The van der Waals surface area contributed by atoms with E-state index in [1.807, 2.05) is 35.1 Å². The van der Waals surface area contributed by atoms with E-state index in [4.69, 9.17) is 0 Å². The van der Waals surface area contributed by atoms with Crippen LogP contribution in [0.3, 0.4) is 0 Å². The van der Waals surface area contributed by atoms with Gasteiger partial charge in [-0.1, -0.05) is 48.5 Å². The van der Waals surface area contributed by atoms with Gasteiger partial charge in [-0.25, -0.2) is 0 Å². The normalized spacial score (nSPS) is 12.2. The molecule has 1 atom stereocenters. The first-order valence-corrected chi connectivity index (χ1v) is 8.23. The van der Waals surface area contributed by atoms with E-state index in [1.165, 1.54) is 16.7 Å². The quantitative estimate of drug-likeness (QED) is 0.702. The maximum absolute atomic E-state index is 9.28. The number of hydrogen-bond acceptors (Lipinski definition) is 3. The van der Waals surface area contributed by atoms with Gasteiger partial charge in [0.05, 0.1) is 13.2 Å². The van der Waals surface area contributed by atoms with E-state index in [0.29, 0.717) is 0 Å². The first-order chi connectivity index (χ1) is 11.8. The third kappa shape index (κ3) is 4.10. The van der Waals surface area contributed by atoms with Gasteiger partial charge in [0.2, 0.25) is 0 Å². The van der Waals surface area contributed by atoms with E-state index >= 15 is 0 Å². The summed E-state index contributed by atoms with van der Waals surface area (Å²) in [5.41, 5.74) is 4.68. The van der Waals surface area contributed by atoms with Crippen LogP contribution >= 0.6 is 0 Å². The van der Waals surface area contributed by atoms with Crippen molar-refractivity contribution in [3.63, 3.8) is 0 Å². The SMILES string of the molecule is CC(NCc1ccccc1Cn1cccn1)c1cccc(CO)c1. The van der Waals surface area contributed by atoms with Gasteiger partial charge in [0.15, 0.2) is 0 Å². The standard InChI is InChI=1S/C20H23N3O/c1-16(18-9-4-6-17(12-18)15-24)21-13-19-7-2-3-8-20(19)14-23-11-5-10-22-23/h2-12,16,21,24H,13-15H2,1H3. The fourth-order valence-electron chi connectivity index (χ4n) is 2.79. The minimum absolute atomic E-state index is 0.0767. The Balaban J connectivity index is 1.67. The Morgan fingerprint density at radius 1 is 1.08 bits per heavy atom. The molecular weight excluding hydrogens is 298 g/mol. The average molecular weight is 321 g/mol. The predicted octanol–water partition coefficient (Wildman–Crippen LogP) is 3.27. The molecule has 1 unspecified atom stereocenters. The summed E-state index contributed by atoms with van der Waals surface area (Å²) in [5, 5.41) is 17.1. The first-order valence-electron chi connectivity index (χ1n) is 8.23. The Labute approximate surface area is 142 Å². The molecule has 0 saturated carbocycles. The summed E-state index contributed by atoms with van der Waals surface area (Å²) in [7, 11) is 0. The lowest BCUT2D eigenvalue weighted by Crippen LogP contribution is -2.19. The number of aliphatic hydroxyl groups is 1. The molecule has 1 heterocycles. The van der Waals surface area contributed by atoms with Gasteiger partial charge >= 0.3 is 0 Å². The number of rotatable bonds is 7. The van der Waals surface area contributed by atoms with Crippen LogP contribution in [0.15, 0.2) is 67.0 Å². The van der Waals surface area contributed by atoms with Crippen LogP contribution in [0.4, 0.5) is 0 Å². The lowest BCUT2D eigenvalue weighted by atomic mass is 10.0. The Hall–Kier alpha value is -2.43. The summed E-state index contributed by atoms with van der Waals surface area (Å²) in [6.45, 7) is 3.79. The first kappa shape index (κ1) is 16.4. The summed E-state index contributed by atoms with van der Waals surface area (Å²) < 4.78 is 1.94. The second kappa shape index (κ2) is 7.90. The van der Waals surface area contributed by atoms with E-state index in [1.54, 1.807) is 6.20 Å². The van der Waals surface area contributed by atoms with Crippen LogP contribution in [0.25, 0.3) is 0 Å². The van der Waals surface area contributed by atoms with Crippen LogP contribution in [0.5, 0.6) is 0 Å². The molecule has 2 N–H and O–H groups in total. The smallest absolute Gasteiger partial charge is 0.0681 e. The molecule has 3 rings (SSSR count). The molecule has 0 aliphatic heterocycles. The Bertz CT molecular complexity index is 768. The van der Waals surface area contributed by atoms with Crippen molar-refractivity contribution in [2.24, 2.45) is 0 Å². The number of aromatic nitrogens is 2. The van der Waals surface area contributed by atoms with Crippen LogP contribution in [0, 0.1) is 0 Å². The second-order valence-corrected chi connectivity index (χ2v) is 5.98. The summed E-state index contributed by atoms with van der Waals surface area (Å²) >= 11 is 0. The fourth-order valence-corrected chi connectivity index (χ4v) is 2.79. The monoisotopic (exact) mass is 321 g/mol. The summed E-state index contributed by atoms with van der Waals surface area (Å²) in [5.74, 6) is 0. The fraction of sp³-hybridized carbons (Fsp3) is 0.250. The molecule has 0 aliphatic carbocycles. The zero-order valence-electron chi connectivity index (χ0n) is 13.9. The van der Waals surface area contributed by atoms with Gasteiger partial charge in [0.25, 0.3) is 0 Å². The zero-order chi connectivity index (χ0) is 16.8. The second-order valence-electron chi connectivity index (χ2n) is 5.98. The molecule has 0 amide bonds. The number of hydrogen-bond donors (Lipinski definition) is 2. The lowest BCUT2D eigenvalue weighted by molar-refractivity contribution is 0.281. The van der Waals surface area contributed by atoms with E-state index < -0.39 is 0 Å². The van der Waals surface area contributed by atoms with E-state index in [9.17, 15) is 5.11 Å².